The number of unbranched alkanes of at least 4 members (excludes halogenated alkanes) is 1. The maximum Gasteiger partial charge on any atom is 0.359 e. The van der Waals surface area contributed by atoms with Crippen LogP contribution in [0.4, 0.5) is 5.69 Å². The van der Waals surface area contributed by atoms with E-state index in [1.54, 1.807) is 24.3 Å². The van der Waals surface area contributed by atoms with Crippen molar-refractivity contribution in [1.82, 2.24) is 9.78 Å². The van der Waals surface area contributed by atoms with E-state index in [0.29, 0.717) is 22.9 Å². The Kier molecular flexibility index (Phi) is 5.78. The normalized spacial score (nSPS) is 10.8. The number of hydrogen-bond acceptors (Lipinski definition) is 6. The number of ether oxygens (including phenoxy) is 1. The average molecular weight is 381 g/mol. The molecule has 3 aromatic rings. The van der Waals surface area contributed by atoms with Crippen LogP contribution in [0.1, 0.15) is 35.8 Å². The maximum absolute atomic E-state index is 12.6. The molecule has 0 bridgehead atoms. The minimum absolute atomic E-state index is 0.0364. The number of nitrogens with zero attached hydrogens (tertiary/aromatic N) is 3. The second-order valence-corrected chi connectivity index (χ2v) is 6.28. The topological polar surface area (TPSA) is 104 Å². The van der Waals surface area contributed by atoms with Crippen molar-refractivity contribution >= 4 is 22.4 Å². The van der Waals surface area contributed by atoms with Gasteiger partial charge in [-0.15, -0.1) is 0 Å². The summed E-state index contributed by atoms with van der Waals surface area (Å²) in [6.07, 6.45) is 1.66. The Labute approximate surface area is 160 Å². The fraction of sp³-hybridized carbons (Fsp3) is 0.250. The molecule has 0 aliphatic rings. The fourth-order valence-corrected chi connectivity index (χ4v) is 2.78. The van der Waals surface area contributed by atoms with E-state index in [-0.39, 0.29) is 23.5 Å². The predicted octanol–water partition coefficient (Wildman–Crippen LogP) is 3.46. The number of fused-ring (bicyclic) bond motifs is 1. The summed E-state index contributed by atoms with van der Waals surface area (Å²) in [5.41, 5.74) is 0.414. The first-order valence-corrected chi connectivity index (χ1v) is 8.91. The van der Waals surface area contributed by atoms with Gasteiger partial charge in [-0.1, -0.05) is 31.5 Å². The van der Waals surface area contributed by atoms with E-state index in [0.717, 1.165) is 12.8 Å². The molecule has 1 aromatic heterocycles. The standard InChI is InChI=1S/C20H19N3O5/c1-2-3-12-22-19(24)17-7-5-4-6-16(17)18(21-22)20(25)28-13-14-8-10-15(11-9-14)23(26)27/h4-11H,2-3,12-13H2,1H3. The number of benzene rings is 2. The van der Waals surface area contributed by atoms with Gasteiger partial charge in [-0.05, 0) is 30.2 Å². The third-order valence-electron chi connectivity index (χ3n) is 4.30. The Morgan fingerprint density at radius 3 is 2.46 bits per heavy atom. The zero-order valence-corrected chi connectivity index (χ0v) is 15.3. The van der Waals surface area contributed by atoms with Gasteiger partial charge in [0.15, 0.2) is 5.69 Å². The molecule has 0 saturated heterocycles. The van der Waals surface area contributed by atoms with Gasteiger partial charge in [-0.2, -0.15) is 5.10 Å². The summed E-state index contributed by atoms with van der Waals surface area (Å²) in [5, 5.41) is 15.8. The number of rotatable bonds is 7. The first kappa shape index (κ1) is 19.2. The number of carbonyl (C=O) groups is 1. The third kappa shape index (κ3) is 4.06. The molecule has 0 fully saturated rings. The summed E-state index contributed by atoms with van der Waals surface area (Å²) >= 11 is 0. The number of hydrogen-bond donors (Lipinski definition) is 0. The molecule has 8 nitrogen and oxygen atoms in total. The fourth-order valence-electron chi connectivity index (χ4n) is 2.78. The third-order valence-corrected chi connectivity index (χ3v) is 4.30. The van der Waals surface area contributed by atoms with Crippen molar-refractivity contribution in [3.63, 3.8) is 0 Å². The summed E-state index contributed by atoms with van der Waals surface area (Å²) in [6.45, 7) is 2.37. The monoisotopic (exact) mass is 381 g/mol. The molecule has 3 rings (SSSR count). The Bertz CT molecular complexity index is 1070. The molecule has 0 amide bonds. The van der Waals surface area contributed by atoms with Crippen molar-refractivity contribution in [1.29, 1.82) is 0 Å². The van der Waals surface area contributed by atoms with Crippen molar-refractivity contribution in [3.05, 3.63) is 80.3 Å². The Morgan fingerprint density at radius 2 is 1.82 bits per heavy atom. The van der Waals surface area contributed by atoms with Crippen LogP contribution in [-0.4, -0.2) is 20.7 Å². The predicted molar refractivity (Wildman–Crippen MR) is 103 cm³/mol. The van der Waals surface area contributed by atoms with Crippen LogP contribution in [0.3, 0.4) is 0 Å². The van der Waals surface area contributed by atoms with E-state index < -0.39 is 10.9 Å². The van der Waals surface area contributed by atoms with E-state index >= 15 is 0 Å². The Morgan fingerprint density at radius 1 is 1.14 bits per heavy atom. The first-order chi connectivity index (χ1) is 13.5. The molecule has 28 heavy (non-hydrogen) atoms. The Balaban J connectivity index is 1.87. The van der Waals surface area contributed by atoms with Gasteiger partial charge in [0.25, 0.3) is 11.2 Å². The van der Waals surface area contributed by atoms with Crippen LogP contribution in [0.25, 0.3) is 10.8 Å². The zero-order chi connectivity index (χ0) is 20.1. The highest BCUT2D eigenvalue weighted by Gasteiger charge is 2.18. The van der Waals surface area contributed by atoms with Gasteiger partial charge in [0.05, 0.1) is 10.3 Å². The van der Waals surface area contributed by atoms with Gasteiger partial charge in [-0.25, -0.2) is 9.48 Å². The van der Waals surface area contributed by atoms with Crippen LogP contribution in [0.2, 0.25) is 0 Å². The molecule has 0 atom stereocenters. The van der Waals surface area contributed by atoms with Crippen LogP contribution >= 0.6 is 0 Å². The summed E-state index contributed by atoms with van der Waals surface area (Å²) in [6, 6.07) is 12.5. The lowest BCUT2D eigenvalue weighted by Gasteiger charge is -2.10. The second kappa shape index (κ2) is 8.43. The van der Waals surface area contributed by atoms with Gasteiger partial charge >= 0.3 is 5.97 Å². The van der Waals surface area contributed by atoms with Gasteiger partial charge in [0.2, 0.25) is 0 Å². The molecule has 0 saturated carbocycles. The minimum atomic E-state index is -0.653. The van der Waals surface area contributed by atoms with E-state index in [1.165, 1.54) is 28.9 Å². The zero-order valence-electron chi connectivity index (χ0n) is 15.3. The molecule has 0 N–H and O–H groups in total. The summed E-state index contributed by atoms with van der Waals surface area (Å²) in [5.74, 6) is -0.653. The molecular weight excluding hydrogens is 362 g/mol. The van der Waals surface area contributed by atoms with Crippen molar-refractivity contribution in [2.24, 2.45) is 0 Å². The van der Waals surface area contributed by atoms with Crippen LogP contribution in [-0.2, 0) is 17.9 Å². The number of non-ortho nitro benzene ring substituents is 1. The number of aryl methyl sites for hydroxylation is 1. The highest BCUT2D eigenvalue weighted by Crippen LogP contribution is 2.16. The largest absolute Gasteiger partial charge is 0.456 e. The van der Waals surface area contributed by atoms with Gasteiger partial charge in [0.1, 0.15) is 6.61 Å². The maximum atomic E-state index is 12.6. The van der Waals surface area contributed by atoms with Crippen LogP contribution < -0.4 is 5.56 Å². The Hall–Kier alpha value is -3.55. The number of nitro groups is 1. The van der Waals surface area contributed by atoms with E-state index in [1.807, 2.05) is 6.92 Å². The quantitative estimate of drug-likeness (QED) is 0.353. The minimum Gasteiger partial charge on any atom is -0.456 e. The van der Waals surface area contributed by atoms with Crippen LogP contribution in [0.5, 0.6) is 0 Å². The molecule has 0 aliphatic carbocycles. The van der Waals surface area contributed by atoms with E-state index in [9.17, 15) is 19.7 Å². The van der Waals surface area contributed by atoms with E-state index in [2.05, 4.69) is 5.10 Å². The summed E-state index contributed by atoms with van der Waals surface area (Å²) < 4.78 is 6.64. The highest BCUT2D eigenvalue weighted by atomic mass is 16.6. The van der Waals surface area contributed by atoms with Crippen LogP contribution in [0.15, 0.2) is 53.3 Å². The van der Waals surface area contributed by atoms with Crippen molar-refractivity contribution in [2.45, 2.75) is 32.9 Å². The van der Waals surface area contributed by atoms with Crippen molar-refractivity contribution in [3.8, 4) is 0 Å². The molecule has 0 spiro atoms. The number of carbonyl (C=O) groups excluding carboxylic acids is 1. The van der Waals surface area contributed by atoms with E-state index in [4.69, 9.17) is 4.74 Å². The van der Waals surface area contributed by atoms with Gasteiger partial charge in [0, 0.05) is 24.1 Å². The second-order valence-electron chi connectivity index (χ2n) is 6.28. The highest BCUT2D eigenvalue weighted by molar-refractivity contribution is 6.02. The van der Waals surface area contributed by atoms with Crippen LogP contribution in [0, 0.1) is 10.1 Å². The van der Waals surface area contributed by atoms with Gasteiger partial charge < -0.3 is 4.74 Å². The number of esters is 1. The lowest BCUT2D eigenvalue weighted by Crippen LogP contribution is -2.26. The number of nitro benzene ring substituents is 1. The summed E-state index contributed by atoms with van der Waals surface area (Å²) in [4.78, 5) is 35.4. The molecule has 2 aromatic carbocycles. The summed E-state index contributed by atoms with van der Waals surface area (Å²) in [7, 11) is 0. The molecule has 8 heteroatoms. The SMILES string of the molecule is CCCCn1nc(C(=O)OCc2ccc([N+](=O)[O-])cc2)c2ccccc2c1=O. The lowest BCUT2D eigenvalue weighted by molar-refractivity contribution is -0.384. The van der Waals surface area contributed by atoms with Crippen molar-refractivity contribution < 1.29 is 14.5 Å². The molecule has 1 heterocycles. The molecule has 0 aliphatic heterocycles. The molecule has 144 valence electrons. The van der Waals surface area contributed by atoms with Crippen molar-refractivity contribution in [2.75, 3.05) is 0 Å². The average Bonchev–Trinajstić information content (AvgIpc) is 2.72. The molecule has 0 unspecified atom stereocenters. The molecular formula is C20H19N3O5. The van der Waals surface area contributed by atoms with Gasteiger partial charge in [-0.3, -0.25) is 14.9 Å². The first-order valence-electron chi connectivity index (χ1n) is 8.91. The smallest absolute Gasteiger partial charge is 0.359 e. The molecule has 0 radical (unpaired) electrons. The lowest BCUT2D eigenvalue weighted by atomic mass is 10.1. The number of aromatic nitrogens is 2.